The summed E-state index contributed by atoms with van der Waals surface area (Å²) in [7, 11) is 0. The predicted molar refractivity (Wildman–Crippen MR) is 106 cm³/mol. The van der Waals surface area contributed by atoms with Crippen LogP contribution in [0, 0.1) is 6.92 Å². The molecule has 5 nitrogen and oxygen atoms in total. The third-order valence-electron chi connectivity index (χ3n) is 4.41. The highest BCUT2D eigenvalue weighted by Crippen LogP contribution is 2.22. The van der Waals surface area contributed by atoms with Gasteiger partial charge in [0.1, 0.15) is 5.82 Å². The number of unbranched alkanes of at least 4 members (excludes halogenated alkanes) is 1. The first-order valence-corrected chi connectivity index (χ1v) is 9.38. The summed E-state index contributed by atoms with van der Waals surface area (Å²) in [6, 6.07) is 10.1. The van der Waals surface area contributed by atoms with E-state index in [1.165, 1.54) is 12.1 Å². The van der Waals surface area contributed by atoms with Gasteiger partial charge in [-0.15, -0.1) is 0 Å². The van der Waals surface area contributed by atoms with E-state index >= 15 is 0 Å². The third kappa shape index (κ3) is 4.75. The van der Waals surface area contributed by atoms with Gasteiger partial charge in [0, 0.05) is 55.2 Å². The van der Waals surface area contributed by atoms with Gasteiger partial charge in [-0.25, -0.2) is 4.98 Å². The van der Waals surface area contributed by atoms with Crippen LogP contribution in [0.1, 0.15) is 25.5 Å². The molecule has 134 valence electrons. The molecule has 6 heteroatoms. The number of nitrogens with zero attached hydrogens (tertiary/aromatic N) is 4. The SMILES string of the molecule is CCCCNc1cc(C)nc(N2CCN(c3cccc(Cl)c3)CC2)n1. The summed E-state index contributed by atoms with van der Waals surface area (Å²) in [5, 5.41) is 4.19. The number of hydrogen-bond acceptors (Lipinski definition) is 5. The molecule has 2 heterocycles. The summed E-state index contributed by atoms with van der Waals surface area (Å²) in [6.07, 6.45) is 2.33. The molecular weight excluding hydrogens is 334 g/mol. The van der Waals surface area contributed by atoms with Crippen molar-refractivity contribution in [3.63, 3.8) is 0 Å². The van der Waals surface area contributed by atoms with Crippen LogP contribution in [-0.2, 0) is 0 Å². The maximum absolute atomic E-state index is 6.11. The Kier molecular flexibility index (Phi) is 5.97. The van der Waals surface area contributed by atoms with E-state index in [4.69, 9.17) is 16.6 Å². The van der Waals surface area contributed by atoms with Crippen molar-refractivity contribution < 1.29 is 0 Å². The minimum atomic E-state index is 0.782. The van der Waals surface area contributed by atoms with Crippen LogP contribution in [0.3, 0.4) is 0 Å². The van der Waals surface area contributed by atoms with Crippen molar-refractivity contribution in [1.82, 2.24) is 9.97 Å². The monoisotopic (exact) mass is 359 g/mol. The number of aromatic nitrogens is 2. The molecule has 1 fully saturated rings. The van der Waals surface area contributed by atoms with E-state index in [9.17, 15) is 0 Å². The van der Waals surface area contributed by atoms with Crippen LogP contribution < -0.4 is 15.1 Å². The third-order valence-corrected chi connectivity index (χ3v) is 4.65. The lowest BCUT2D eigenvalue weighted by Gasteiger charge is -2.36. The number of anilines is 3. The molecule has 0 saturated carbocycles. The number of benzene rings is 1. The minimum absolute atomic E-state index is 0.782. The van der Waals surface area contributed by atoms with E-state index in [-0.39, 0.29) is 0 Å². The molecule has 0 spiro atoms. The largest absolute Gasteiger partial charge is 0.370 e. The van der Waals surface area contributed by atoms with E-state index < -0.39 is 0 Å². The molecular formula is C19H26ClN5. The molecule has 1 aliphatic rings. The smallest absolute Gasteiger partial charge is 0.227 e. The highest BCUT2D eigenvalue weighted by atomic mass is 35.5. The highest BCUT2D eigenvalue weighted by molar-refractivity contribution is 6.30. The lowest BCUT2D eigenvalue weighted by molar-refractivity contribution is 0.639. The molecule has 0 bridgehead atoms. The zero-order valence-corrected chi connectivity index (χ0v) is 15.8. The fourth-order valence-corrected chi connectivity index (χ4v) is 3.20. The van der Waals surface area contributed by atoms with Crippen molar-refractivity contribution in [2.75, 3.05) is 47.8 Å². The molecule has 0 amide bonds. The molecule has 25 heavy (non-hydrogen) atoms. The number of halogens is 1. The molecule has 1 aromatic heterocycles. The van der Waals surface area contributed by atoms with Gasteiger partial charge >= 0.3 is 0 Å². The van der Waals surface area contributed by atoms with E-state index in [1.54, 1.807) is 0 Å². The second-order valence-corrected chi connectivity index (χ2v) is 6.87. The van der Waals surface area contributed by atoms with Gasteiger partial charge in [-0.2, -0.15) is 4.98 Å². The van der Waals surface area contributed by atoms with Crippen molar-refractivity contribution in [2.45, 2.75) is 26.7 Å². The first-order chi connectivity index (χ1) is 12.2. The Morgan fingerprint density at radius 2 is 1.84 bits per heavy atom. The Bertz CT molecular complexity index is 698. The summed E-state index contributed by atoms with van der Waals surface area (Å²) in [5.74, 6) is 1.75. The fraction of sp³-hybridized carbons (Fsp3) is 0.474. The van der Waals surface area contributed by atoms with E-state index in [0.29, 0.717) is 0 Å². The summed E-state index contributed by atoms with van der Waals surface area (Å²) >= 11 is 6.11. The van der Waals surface area contributed by atoms with Crippen LogP contribution in [0.2, 0.25) is 5.02 Å². The number of nitrogens with one attached hydrogen (secondary N) is 1. The second kappa shape index (κ2) is 8.39. The highest BCUT2D eigenvalue weighted by Gasteiger charge is 2.20. The van der Waals surface area contributed by atoms with E-state index in [0.717, 1.165) is 61.6 Å². The standard InChI is InChI=1S/C19H26ClN5/c1-3-4-8-21-18-13-15(2)22-19(23-18)25-11-9-24(10-12-25)17-7-5-6-16(20)14-17/h5-7,13-14H,3-4,8-12H2,1-2H3,(H,21,22,23). The topological polar surface area (TPSA) is 44.3 Å². The number of aryl methyl sites for hydroxylation is 1. The zero-order chi connectivity index (χ0) is 17.6. The van der Waals surface area contributed by atoms with Gasteiger partial charge in [0.05, 0.1) is 0 Å². The van der Waals surface area contributed by atoms with Gasteiger partial charge in [0.15, 0.2) is 0 Å². The van der Waals surface area contributed by atoms with Gasteiger partial charge in [0.2, 0.25) is 5.95 Å². The van der Waals surface area contributed by atoms with Crippen molar-refractivity contribution in [3.8, 4) is 0 Å². The van der Waals surface area contributed by atoms with Gasteiger partial charge < -0.3 is 15.1 Å². The fourth-order valence-electron chi connectivity index (χ4n) is 3.02. The van der Waals surface area contributed by atoms with Crippen molar-refractivity contribution in [2.24, 2.45) is 0 Å². The van der Waals surface area contributed by atoms with Crippen LogP contribution in [0.25, 0.3) is 0 Å². The quantitative estimate of drug-likeness (QED) is 0.790. The van der Waals surface area contributed by atoms with Gasteiger partial charge in [-0.1, -0.05) is 31.0 Å². The maximum Gasteiger partial charge on any atom is 0.227 e. The molecule has 0 radical (unpaired) electrons. The molecule has 1 N–H and O–H groups in total. The molecule has 2 aromatic rings. The second-order valence-electron chi connectivity index (χ2n) is 6.43. The molecule has 1 aromatic carbocycles. The molecule has 0 aliphatic carbocycles. The van der Waals surface area contributed by atoms with Crippen LogP contribution in [0.4, 0.5) is 17.5 Å². The maximum atomic E-state index is 6.11. The van der Waals surface area contributed by atoms with Gasteiger partial charge in [-0.3, -0.25) is 0 Å². The van der Waals surface area contributed by atoms with Crippen LogP contribution in [0.15, 0.2) is 30.3 Å². The van der Waals surface area contributed by atoms with E-state index in [2.05, 4.69) is 33.1 Å². The van der Waals surface area contributed by atoms with Crippen molar-refractivity contribution in [3.05, 3.63) is 41.0 Å². The summed E-state index contributed by atoms with van der Waals surface area (Å²) in [5.41, 5.74) is 2.18. The number of hydrogen-bond donors (Lipinski definition) is 1. The summed E-state index contributed by atoms with van der Waals surface area (Å²) < 4.78 is 0. The lowest BCUT2D eigenvalue weighted by Crippen LogP contribution is -2.47. The van der Waals surface area contributed by atoms with Gasteiger partial charge in [0.25, 0.3) is 0 Å². The number of rotatable bonds is 6. The average Bonchev–Trinajstić information content (AvgIpc) is 2.62. The Morgan fingerprint density at radius 1 is 1.08 bits per heavy atom. The molecule has 1 saturated heterocycles. The summed E-state index contributed by atoms with van der Waals surface area (Å²) in [4.78, 5) is 14.0. The van der Waals surface area contributed by atoms with Crippen molar-refractivity contribution >= 4 is 29.1 Å². The van der Waals surface area contributed by atoms with Crippen LogP contribution in [-0.4, -0.2) is 42.7 Å². The molecule has 0 unspecified atom stereocenters. The molecule has 0 atom stereocenters. The minimum Gasteiger partial charge on any atom is -0.370 e. The Labute approximate surface area is 155 Å². The Morgan fingerprint density at radius 3 is 2.56 bits per heavy atom. The average molecular weight is 360 g/mol. The van der Waals surface area contributed by atoms with Crippen molar-refractivity contribution in [1.29, 1.82) is 0 Å². The normalized spacial score (nSPS) is 14.7. The first-order valence-electron chi connectivity index (χ1n) is 9.00. The zero-order valence-electron chi connectivity index (χ0n) is 15.0. The Hall–Kier alpha value is -2.01. The lowest BCUT2D eigenvalue weighted by atomic mass is 10.2. The number of piperazine rings is 1. The Balaban J connectivity index is 1.64. The van der Waals surface area contributed by atoms with E-state index in [1.807, 2.05) is 31.2 Å². The first kappa shape index (κ1) is 17.8. The molecule has 1 aliphatic heterocycles. The predicted octanol–water partition coefficient (Wildman–Crippen LogP) is 3.98. The van der Waals surface area contributed by atoms with Crippen LogP contribution >= 0.6 is 11.6 Å². The molecule has 3 rings (SSSR count). The van der Waals surface area contributed by atoms with Gasteiger partial charge in [-0.05, 0) is 31.5 Å². The summed E-state index contributed by atoms with van der Waals surface area (Å²) in [6.45, 7) is 8.87. The van der Waals surface area contributed by atoms with Crippen LogP contribution in [0.5, 0.6) is 0 Å².